The summed E-state index contributed by atoms with van der Waals surface area (Å²) in [4.78, 5) is 30.6. The molecule has 2 saturated carbocycles. The lowest BCUT2D eigenvalue weighted by Gasteiger charge is -2.49. The van der Waals surface area contributed by atoms with Crippen molar-refractivity contribution in [3.63, 3.8) is 0 Å². The molecule has 276 valence electrons. The molecule has 10 aliphatic rings. The minimum atomic E-state index is -0.0643. The van der Waals surface area contributed by atoms with Crippen LogP contribution in [-0.2, 0) is 9.68 Å². The lowest BCUT2D eigenvalue weighted by molar-refractivity contribution is -0.150. The van der Waals surface area contributed by atoms with Gasteiger partial charge in [0.25, 0.3) is 0 Å². The molecule has 14 rings (SSSR count). The second kappa shape index (κ2) is 14.0. The number of piperidine rings is 6. The number of thiazole rings is 2. The summed E-state index contributed by atoms with van der Waals surface area (Å²) in [6, 6.07) is 13.4. The molecule has 8 aliphatic heterocycles. The summed E-state index contributed by atoms with van der Waals surface area (Å²) in [7, 11) is 0. The van der Waals surface area contributed by atoms with Crippen molar-refractivity contribution in [1.82, 2.24) is 25.2 Å². The predicted octanol–water partition coefficient (Wildman–Crippen LogP) is 8.09. The largest absolute Gasteiger partial charge is 0.386 e. The fourth-order valence-corrected chi connectivity index (χ4v) is 11.5. The number of nitrogens with zero attached hydrogens (tertiary/aromatic N) is 6. The van der Waals surface area contributed by atoms with E-state index in [1.165, 1.54) is 98.1 Å². The van der Waals surface area contributed by atoms with E-state index in [4.69, 9.17) is 25.4 Å². The van der Waals surface area contributed by atoms with Crippen LogP contribution in [0.15, 0.2) is 50.5 Å². The molecule has 10 heterocycles. The van der Waals surface area contributed by atoms with Crippen LogP contribution in [0.3, 0.4) is 0 Å². The highest BCUT2D eigenvalue weighted by Gasteiger charge is 2.53. The lowest BCUT2D eigenvalue weighted by atomic mass is 9.74. The predicted molar refractivity (Wildman–Crippen MR) is 215 cm³/mol. The summed E-state index contributed by atoms with van der Waals surface area (Å²) in [6.45, 7) is 6.98. The number of hydrogen-bond acceptors (Lipinski definition) is 11. The molecule has 4 bridgehead atoms. The second-order valence-electron chi connectivity index (χ2n) is 16.0. The van der Waals surface area contributed by atoms with E-state index in [9.17, 15) is 0 Å². The van der Waals surface area contributed by atoms with E-state index < -0.39 is 0 Å². The Hall–Kier alpha value is -2.39. The number of halogens is 2. The van der Waals surface area contributed by atoms with Crippen LogP contribution < -0.4 is 11.2 Å². The van der Waals surface area contributed by atoms with Crippen LogP contribution in [0.1, 0.15) is 87.2 Å². The highest BCUT2D eigenvalue weighted by atomic mass is 79.9. The van der Waals surface area contributed by atoms with Crippen molar-refractivity contribution in [1.29, 1.82) is 0 Å². The standard InChI is InChI=1S/C19H22N4OS.C10H8BrNS.C9H15N3O.ClH/c1-2-12(1)13-3-4-16-15(9-13)20-18(25-16)21-17-10-19(24-22-17)11-23-7-5-14(19)6-8-23;11-10-12-8-5-7(6-1-2-6)3-4-9(8)13-10;10-8-5-9(13-11-8)6-12-3-1-7(9)2-4-12;/h3-4,9,12,14H,1-2,5-8,10-11H2,(H,20,21,22);3-6H,1-2H2;7H,1-6H2,(H2,10,11);1H/t19-;;9-;/m0.0./s1. The first-order chi connectivity index (χ1) is 24.9. The number of aliphatic imine (C=N–C) groups is 1. The Labute approximate surface area is 327 Å². The van der Waals surface area contributed by atoms with Crippen LogP contribution in [0.4, 0.5) is 5.13 Å². The topological polar surface area (TPSA) is 113 Å². The van der Waals surface area contributed by atoms with Crippen molar-refractivity contribution in [2.45, 2.75) is 87.2 Å². The van der Waals surface area contributed by atoms with Crippen molar-refractivity contribution < 1.29 is 9.68 Å². The van der Waals surface area contributed by atoms with Gasteiger partial charge in [-0.2, -0.15) is 0 Å². The summed E-state index contributed by atoms with van der Waals surface area (Å²) in [5, 5.41) is 4.74. The van der Waals surface area contributed by atoms with Crippen molar-refractivity contribution in [3.8, 4) is 0 Å². The Morgan fingerprint density at radius 2 is 1.35 bits per heavy atom. The highest BCUT2D eigenvalue weighted by molar-refractivity contribution is 9.11. The smallest absolute Gasteiger partial charge is 0.211 e. The van der Waals surface area contributed by atoms with Crippen molar-refractivity contribution in [2.24, 2.45) is 27.7 Å². The van der Waals surface area contributed by atoms with Crippen LogP contribution in [-0.4, -0.2) is 81.9 Å². The molecule has 2 aromatic heterocycles. The number of nitrogens with two attached hydrogens (primary N) is 1. The van der Waals surface area contributed by atoms with Crippen LogP contribution in [0, 0.1) is 11.8 Å². The number of nitrogens with one attached hydrogen (secondary N) is 1. The molecule has 14 heteroatoms. The van der Waals surface area contributed by atoms with Crippen molar-refractivity contribution in [3.05, 3.63) is 51.4 Å². The van der Waals surface area contributed by atoms with Gasteiger partial charge >= 0.3 is 0 Å². The maximum atomic E-state index is 6.09. The first kappa shape index (κ1) is 35.3. The molecule has 0 amide bonds. The Bertz CT molecular complexity index is 2020. The fraction of sp³-hybridized carbons (Fsp3) is 0.579. The summed E-state index contributed by atoms with van der Waals surface area (Å²) < 4.78 is 3.48. The summed E-state index contributed by atoms with van der Waals surface area (Å²) in [5.41, 5.74) is 13.8. The normalized spacial score (nSPS) is 33.3. The highest BCUT2D eigenvalue weighted by Crippen LogP contribution is 2.45. The Morgan fingerprint density at radius 1 is 0.769 bits per heavy atom. The van der Waals surface area contributed by atoms with Crippen molar-refractivity contribution in [2.75, 3.05) is 39.3 Å². The van der Waals surface area contributed by atoms with E-state index >= 15 is 0 Å². The zero-order chi connectivity index (χ0) is 34.2. The summed E-state index contributed by atoms with van der Waals surface area (Å²) in [5.74, 6) is 4.55. The Kier molecular flexibility index (Phi) is 9.53. The molecule has 2 aromatic carbocycles. The number of benzene rings is 2. The van der Waals surface area contributed by atoms with Gasteiger partial charge in [0.2, 0.25) is 5.13 Å². The summed E-state index contributed by atoms with van der Waals surface area (Å²) >= 11 is 6.78. The monoisotopic (exact) mass is 824 g/mol. The number of oxime groups is 1. The molecule has 52 heavy (non-hydrogen) atoms. The van der Waals surface area contributed by atoms with Gasteiger partial charge in [-0.3, -0.25) is 15.2 Å². The molecule has 3 N–H and O–H groups in total. The van der Waals surface area contributed by atoms with Gasteiger partial charge in [-0.1, -0.05) is 28.6 Å². The molecular weight excluding hydrogens is 780 g/mol. The van der Waals surface area contributed by atoms with E-state index in [1.807, 2.05) is 0 Å². The van der Waals surface area contributed by atoms with Crippen LogP contribution in [0.5, 0.6) is 0 Å². The van der Waals surface area contributed by atoms with E-state index in [0.717, 1.165) is 63.7 Å². The van der Waals surface area contributed by atoms with E-state index in [2.05, 4.69) is 77.7 Å². The quantitative estimate of drug-likeness (QED) is 0.213. The number of aromatic nitrogens is 2. The Morgan fingerprint density at radius 3 is 1.88 bits per heavy atom. The molecule has 2 atom stereocenters. The van der Waals surface area contributed by atoms with Gasteiger partial charge in [-0.25, -0.2) is 15.0 Å². The lowest BCUT2D eigenvalue weighted by Crippen LogP contribution is -2.59. The van der Waals surface area contributed by atoms with Crippen LogP contribution >= 0.6 is 51.0 Å². The summed E-state index contributed by atoms with van der Waals surface area (Å²) in [6.07, 6.45) is 12.1. The molecule has 0 unspecified atom stereocenters. The molecule has 2 aliphatic carbocycles. The molecular formula is C38H46BrClN8O2S2. The Balaban J connectivity index is 0.000000113. The number of amidine groups is 2. The maximum absolute atomic E-state index is 6.09. The van der Waals surface area contributed by atoms with Gasteiger partial charge in [0.15, 0.2) is 9.52 Å². The van der Waals surface area contributed by atoms with Gasteiger partial charge < -0.3 is 15.5 Å². The average Bonchev–Trinajstić information content (AvgIpc) is 4.04. The number of hydroxylamine groups is 1. The van der Waals surface area contributed by atoms with Crippen molar-refractivity contribution >= 4 is 88.2 Å². The molecule has 4 aromatic rings. The minimum Gasteiger partial charge on any atom is -0.386 e. The van der Waals surface area contributed by atoms with Gasteiger partial charge in [0.05, 0.1) is 26.9 Å². The SMILES string of the molecule is Brc1nc2cc(C3CC3)ccc2s1.Cl.NC1=NO[C@@]2(C1)CN1CCC2CC1.c1cc2sc(N=C3C[C@@]4(CN5CCC4CC5)ON3)nc2cc1C1CC1. The van der Waals surface area contributed by atoms with Gasteiger partial charge in [-0.05, 0) is 147 Å². The zero-order valence-corrected chi connectivity index (χ0v) is 33.3. The maximum Gasteiger partial charge on any atom is 0.211 e. The minimum absolute atomic E-state index is 0. The molecule has 10 nitrogen and oxygen atoms in total. The number of hydrogen-bond donors (Lipinski definition) is 2. The molecule has 2 spiro atoms. The zero-order valence-electron chi connectivity index (χ0n) is 29.3. The fourth-order valence-electron chi connectivity index (χ4n) is 9.32. The number of fused-ring (bicyclic) bond motifs is 6. The van der Waals surface area contributed by atoms with E-state index in [-0.39, 0.29) is 23.6 Å². The van der Waals surface area contributed by atoms with Crippen LogP contribution in [0.2, 0.25) is 0 Å². The second-order valence-corrected chi connectivity index (χ2v) is 19.3. The van der Waals surface area contributed by atoms with Crippen LogP contribution in [0.25, 0.3) is 20.4 Å². The van der Waals surface area contributed by atoms with E-state index in [1.54, 1.807) is 22.7 Å². The van der Waals surface area contributed by atoms with E-state index in [0.29, 0.717) is 17.7 Å². The first-order valence-electron chi connectivity index (χ1n) is 18.8. The number of rotatable bonds is 3. The first-order valence-corrected chi connectivity index (χ1v) is 21.2. The van der Waals surface area contributed by atoms with Gasteiger partial charge in [0, 0.05) is 25.4 Å². The molecule has 0 radical (unpaired) electrons. The third-order valence-corrected chi connectivity index (χ3v) is 14.8. The van der Waals surface area contributed by atoms with Gasteiger partial charge in [-0.15, -0.1) is 23.7 Å². The molecule has 7 saturated heterocycles. The average molecular weight is 826 g/mol. The molecule has 9 fully saturated rings. The third-order valence-electron chi connectivity index (χ3n) is 12.4. The van der Waals surface area contributed by atoms with Gasteiger partial charge in [0.1, 0.15) is 17.3 Å². The third kappa shape index (κ3) is 6.99.